The summed E-state index contributed by atoms with van der Waals surface area (Å²) in [5.41, 5.74) is -1.15. The number of amides is 2. The average Bonchev–Trinajstić information content (AvgIpc) is 2.74. The lowest BCUT2D eigenvalue weighted by atomic mass is 9.88. The number of aldehydes is 1. The third-order valence-electron chi connectivity index (χ3n) is 5.11. The van der Waals surface area contributed by atoms with Gasteiger partial charge in [-0.3, -0.25) is 24.0 Å². The number of hydrogen-bond donors (Lipinski definition) is 3. The number of esters is 1. The highest BCUT2D eigenvalue weighted by Gasteiger charge is 2.58. The van der Waals surface area contributed by atoms with Crippen molar-refractivity contribution in [3.63, 3.8) is 0 Å². The van der Waals surface area contributed by atoms with E-state index in [9.17, 15) is 34.2 Å². The summed E-state index contributed by atoms with van der Waals surface area (Å²) >= 11 is 1.15. The summed E-state index contributed by atoms with van der Waals surface area (Å²) in [5, 5.41) is 21.9. The molecule has 0 radical (unpaired) electrons. The maximum absolute atomic E-state index is 12.5. The van der Waals surface area contributed by atoms with Crippen LogP contribution in [0.15, 0.2) is 24.3 Å². The maximum atomic E-state index is 12.5. The quantitative estimate of drug-likeness (QED) is 0.294. The zero-order valence-electron chi connectivity index (χ0n) is 15.9. The van der Waals surface area contributed by atoms with Crippen molar-refractivity contribution >= 4 is 41.8 Å². The molecule has 3 unspecified atom stereocenters. The second-order valence-corrected chi connectivity index (χ2v) is 8.27. The van der Waals surface area contributed by atoms with Crippen LogP contribution in [0.1, 0.15) is 28.9 Å². The van der Waals surface area contributed by atoms with E-state index in [1.807, 2.05) is 0 Å². The van der Waals surface area contributed by atoms with Gasteiger partial charge in [0.2, 0.25) is 5.91 Å². The zero-order chi connectivity index (χ0) is 22.1. The second-order valence-electron chi connectivity index (χ2n) is 7.17. The Morgan fingerprint density at radius 1 is 1.40 bits per heavy atom. The number of benzene rings is 1. The Balaban J connectivity index is 1.67. The molecular weight excluding hydrogens is 416 g/mol. The van der Waals surface area contributed by atoms with Crippen LogP contribution >= 0.6 is 11.8 Å². The second kappa shape index (κ2) is 8.44. The summed E-state index contributed by atoms with van der Waals surface area (Å²) in [6, 6.07) is 5.13. The highest BCUT2D eigenvalue weighted by molar-refractivity contribution is 8.00. The molecule has 2 saturated heterocycles. The van der Waals surface area contributed by atoms with Gasteiger partial charge in [-0.15, -0.1) is 11.8 Å². The number of thioether (sulfide) groups is 1. The highest BCUT2D eigenvalue weighted by Crippen LogP contribution is 2.42. The minimum absolute atomic E-state index is 0.0763. The van der Waals surface area contributed by atoms with Crippen molar-refractivity contribution in [2.45, 2.75) is 24.4 Å². The number of aliphatic hydroxyl groups is 1. The smallest absolute Gasteiger partial charge is 0.315 e. The van der Waals surface area contributed by atoms with Crippen molar-refractivity contribution in [1.82, 2.24) is 10.2 Å². The highest BCUT2D eigenvalue weighted by atomic mass is 32.2. The van der Waals surface area contributed by atoms with Crippen molar-refractivity contribution in [2.75, 3.05) is 18.9 Å². The fourth-order valence-electron chi connectivity index (χ4n) is 3.39. The summed E-state index contributed by atoms with van der Waals surface area (Å²) in [5.74, 6) is -3.06. The number of β-lactam (4-membered cyclic amide) rings is 1. The summed E-state index contributed by atoms with van der Waals surface area (Å²) in [7, 11) is 0. The van der Waals surface area contributed by atoms with Crippen molar-refractivity contribution in [2.24, 2.45) is 5.41 Å². The van der Waals surface area contributed by atoms with Gasteiger partial charge in [-0.05, 0) is 0 Å². The summed E-state index contributed by atoms with van der Waals surface area (Å²) in [4.78, 5) is 60.2. The minimum atomic E-state index is -1.64. The van der Waals surface area contributed by atoms with E-state index in [-0.39, 0.29) is 30.0 Å². The first-order chi connectivity index (χ1) is 14.2. The van der Waals surface area contributed by atoms with Crippen LogP contribution in [0.2, 0.25) is 0 Å². The third kappa shape index (κ3) is 3.90. The lowest BCUT2D eigenvalue weighted by molar-refractivity contribution is -0.165. The maximum Gasteiger partial charge on any atom is 0.315 e. The van der Waals surface area contributed by atoms with Gasteiger partial charge in [-0.25, -0.2) is 0 Å². The SMILES string of the molecule is CC(=O)OCC1(C(=O)O)CS[C@@H]2C(NC(=O)C(O)c3ccccc3C=O)C(=O)N2C1. The van der Waals surface area contributed by atoms with E-state index in [1.54, 1.807) is 12.1 Å². The molecule has 4 atom stereocenters. The largest absolute Gasteiger partial charge is 0.481 e. The standard InChI is InChI=1S/C19H20N2O8S/c1-10(23)29-8-19(18(27)28)7-21-16(26)13(17(21)30-9-19)20-15(25)14(24)12-5-3-2-4-11(12)6-22/h2-6,13-14,17,24H,7-9H2,1H3,(H,20,25)(H,27,28)/t13?,14?,17-,19?/m1/s1. The van der Waals surface area contributed by atoms with Crippen LogP contribution in [0.3, 0.4) is 0 Å². The Hall–Kier alpha value is -2.92. The molecule has 2 amide bonds. The number of carboxylic acid groups (broad SMARTS) is 1. The van der Waals surface area contributed by atoms with Crippen LogP contribution in [0, 0.1) is 5.41 Å². The van der Waals surface area contributed by atoms with Crippen molar-refractivity contribution in [3.8, 4) is 0 Å². The van der Waals surface area contributed by atoms with Gasteiger partial charge in [0.05, 0.1) is 0 Å². The van der Waals surface area contributed by atoms with Crippen molar-refractivity contribution in [1.29, 1.82) is 0 Å². The summed E-state index contributed by atoms with van der Waals surface area (Å²) < 4.78 is 4.88. The molecule has 2 aliphatic rings. The minimum Gasteiger partial charge on any atom is -0.481 e. The third-order valence-corrected chi connectivity index (χ3v) is 6.70. The van der Waals surface area contributed by atoms with Crippen LogP contribution in [-0.4, -0.2) is 75.5 Å². The molecule has 2 heterocycles. The molecule has 0 spiro atoms. The molecule has 2 aliphatic heterocycles. The van der Waals surface area contributed by atoms with E-state index in [2.05, 4.69) is 5.32 Å². The number of carboxylic acids is 1. The number of ether oxygens (including phenoxy) is 1. The van der Waals surface area contributed by atoms with Crippen LogP contribution in [-0.2, 0) is 23.9 Å². The lowest BCUT2D eigenvalue weighted by Gasteiger charge is -2.53. The molecule has 11 heteroatoms. The number of carbonyl (C=O) groups excluding carboxylic acids is 4. The molecule has 2 fully saturated rings. The number of nitrogens with one attached hydrogen (secondary N) is 1. The predicted molar refractivity (Wildman–Crippen MR) is 103 cm³/mol. The molecular formula is C19H20N2O8S. The van der Waals surface area contributed by atoms with Crippen LogP contribution in [0.5, 0.6) is 0 Å². The summed E-state index contributed by atoms with van der Waals surface area (Å²) in [6.07, 6.45) is -1.11. The monoisotopic (exact) mass is 436 g/mol. The van der Waals surface area contributed by atoms with Gasteiger partial charge in [-0.2, -0.15) is 0 Å². The molecule has 30 heavy (non-hydrogen) atoms. The number of rotatable bonds is 7. The van der Waals surface area contributed by atoms with E-state index in [1.165, 1.54) is 24.0 Å². The summed E-state index contributed by atoms with van der Waals surface area (Å²) in [6.45, 7) is 0.650. The Labute approximate surface area is 175 Å². The number of aliphatic carboxylic acids is 1. The molecule has 1 aromatic rings. The Kier molecular flexibility index (Phi) is 6.13. The van der Waals surface area contributed by atoms with Crippen LogP contribution in [0.25, 0.3) is 0 Å². The van der Waals surface area contributed by atoms with E-state index in [0.29, 0.717) is 6.29 Å². The fourth-order valence-corrected chi connectivity index (χ4v) is 4.91. The van der Waals surface area contributed by atoms with Gasteiger partial charge < -0.3 is 25.2 Å². The van der Waals surface area contributed by atoms with Gasteiger partial charge in [0.25, 0.3) is 5.91 Å². The molecule has 1 aromatic carbocycles. The molecule has 3 rings (SSSR count). The number of hydrogen-bond acceptors (Lipinski definition) is 8. The van der Waals surface area contributed by atoms with E-state index < -0.39 is 46.7 Å². The number of fused-ring (bicyclic) bond motifs is 1. The lowest BCUT2D eigenvalue weighted by Crippen LogP contribution is -2.74. The van der Waals surface area contributed by atoms with Crippen LogP contribution < -0.4 is 5.32 Å². The van der Waals surface area contributed by atoms with E-state index >= 15 is 0 Å². The Morgan fingerprint density at radius 2 is 2.10 bits per heavy atom. The van der Waals surface area contributed by atoms with Gasteiger partial charge in [0.15, 0.2) is 6.10 Å². The zero-order valence-corrected chi connectivity index (χ0v) is 16.8. The molecule has 0 aromatic heterocycles. The first kappa shape index (κ1) is 21.8. The molecule has 0 saturated carbocycles. The molecule has 10 nitrogen and oxygen atoms in total. The van der Waals surface area contributed by atoms with Gasteiger partial charge in [0.1, 0.15) is 29.7 Å². The number of carbonyl (C=O) groups is 5. The predicted octanol–water partition coefficient (Wildman–Crippen LogP) is -0.433. The fraction of sp³-hybridized carbons (Fsp3) is 0.421. The van der Waals surface area contributed by atoms with Crippen molar-refractivity contribution < 1.29 is 38.9 Å². The normalized spacial score (nSPS) is 26.1. The Bertz CT molecular complexity index is 906. The first-order valence-electron chi connectivity index (χ1n) is 9.01. The number of aliphatic hydroxyl groups excluding tert-OH is 1. The van der Waals surface area contributed by atoms with E-state index in [0.717, 1.165) is 11.8 Å². The number of nitrogens with zero attached hydrogens (tertiary/aromatic N) is 1. The van der Waals surface area contributed by atoms with Gasteiger partial charge in [-0.1, -0.05) is 24.3 Å². The molecule has 0 bridgehead atoms. The molecule has 0 aliphatic carbocycles. The van der Waals surface area contributed by atoms with Gasteiger partial charge in [0, 0.05) is 30.3 Å². The average molecular weight is 436 g/mol. The molecule has 3 N–H and O–H groups in total. The van der Waals surface area contributed by atoms with Gasteiger partial charge >= 0.3 is 11.9 Å². The topological polar surface area (TPSA) is 150 Å². The first-order valence-corrected chi connectivity index (χ1v) is 10.1. The van der Waals surface area contributed by atoms with Crippen LogP contribution in [0.4, 0.5) is 0 Å². The van der Waals surface area contributed by atoms with Crippen molar-refractivity contribution in [3.05, 3.63) is 35.4 Å². The molecule has 160 valence electrons. The Morgan fingerprint density at radius 3 is 2.73 bits per heavy atom. The van der Waals surface area contributed by atoms with E-state index in [4.69, 9.17) is 4.74 Å².